The fourth-order valence-electron chi connectivity index (χ4n) is 3.52. The summed E-state index contributed by atoms with van der Waals surface area (Å²) in [7, 11) is 1.76. The summed E-state index contributed by atoms with van der Waals surface area (Å²) in [5.74, 6) is 0.590. The zero-order valence-electron chi connectivity index (χ0n) is 15.6. The third-order valence-corrected chi connectivity index (χ3v) is 6.08. The zero-order chi connectivity index (χ0) is 18.2. The summed E-state index contributed by atoms with van der Waals surface area (Å²) >= 11 is 13.3. The Bertz CT molecular complexity index is 656. The molecule has 0 aromatic heterocycles. The van der Waals surface area contributed by atoms with Crippen LogP contribution < -0.4 is 0 Å². The molecule has 0 bridgehead atoms. The molecule has 1 nitrogen and oxygen atoms in total. The highest BCUT2D eigenvalue weighted by molar-refractivity contribution is 6.69. The molecule has 1 atom stereocenters. The fraction of sp³-hybridized carbons (Fsp3) is 0.500. The number of allylic oxidation sites excluding steroid dienone is 4. The Morgan fingerprint density at radius 2 is 1.84 bits per heavy atom. The fourth-order valence-corrected chi connectivity index (χ4v) is 4.05. The van der Waals surface area contributed by atoms with Crippen molar-refractivity contribution in [2.24, 2.45) is 10.9 Å². The summed E-state index contributed by atoms with van der Waals surface area (Å²) in [6.45, 7) is 4.27. The van der Waals surface area contributed by atoms with Gasteiger partial charge in [-0.1, -0.05) is 72.5 Å². The molecule has 3 heteroatoms. The second-order valence-electron chi connectivity index (χ2n) is 6.93. The van der Waals surface area contributed by atoms with E-state index in [0.717, 1.165) is 42.7 Å². The maximum Gasteiger partial charge on any atom is 0.126 e. The molecule has 0 saturated carbocycles. The molecule has 0 N–H and O–H groups in total. The van der Waals surface area contributed by atoms with Crippen LogP contribution in [-0.2, 0) is 6.42 Å². The predicted octanol–water partition coefficient (Wildman–Crippen LogP) is 7.30. The van der Waals surface area contributed by atoms with E-state index in [-0.39, 0.29) is 0 Å². The quantitative estimate of drug-likeness (QED) is 0.477. The van der Waals surface area contributed by atoms with Gasteiger partial charge in [-0.25, -0.2) is 0 Å². The molecule has 0 aliphatic heterocycles. The van der Waals surface area contributed by atoms with Gasteiger partial charge in [-0.05, 0) is 68.1 Å². The summed E-state index contributed by atoms with van der Waals surface area (Å²) in [5.41, 5.74) is 5.00. The normalized spacial score (nSPS) is 23.7. The Hall–Kier alpha value is -1.05. The lowest BCUT2D eigenvalue weighted by Gasteiger charge is -2.25. The first-order valence-corrected chi connectivity index (χ1v) is 10.1. The van der Waals surface area contributed by atoms with Crippen LogP contribution in [0.25, 0.3) is 0 Å². The molecule has 0 amide bonds. The van der Waals surface area contributed by atoms with E-state index in [1.807, 2.05) is 0 Å². The van der Waals surface area contributed by atoms with Crippen molar-refractivity contribution in [1.29, 1.82) is 0 Å². The number of hydrogen-bond acceptors (Lipinski definition) is 1. The molecule has 0 fully saturated rings. The SMILES string of the molecule is CC\C(C)=C(Cl)/C1=C(\C(Cl)=N/C)CCCCC(Cc2ccccc2)C1. The minimum atomic E-state index is 0.590. The van der Waals surface area contributed by atoms with Gasteiger partial charge in [-0.15, -0.1) is 0 Å². The van der Waals surface area contributed by atoms with E-state index in [1.165, 1.54) is 29.6 Å². The smallest absolute Gasteiger partial charge is 0.126 e. The standard InChI is InChI=1S/C22H29Cl2N/c1-4-16(2)21(23)20-15-18(14-17-10-6-5-7-11-17)12-8-9-13-19(20)22(24)25-3/h5-7,10-11,18H,4,8-9,12-15H2,1-3H3/b20-19-,21-16+,25-22+. The minimum absolute atomic E-state index is 0.590. The average Bonchev–Trinajstić information content (AvgIpc) is 2.63. The third kappa shape index (κ3) is 5.72. The van der Waals surface area contributed by atoms with E-state index < -0.39 is 0 Å². The van der Waals surface area contributed by atoms with Gasteiger partial charge < -0.3 is 0 Å². The van der Waals surface area contributed by atoms with Gasteiger partial charge in [-0.2, -0.15) is 0 Å². The molecule has 0 heterocycles. The van der Waals surface area contributed by atoms with Crippen LogP contribution in [0.5, 0.6) is 0 Å². The summed E-state index contributed by atoms with van der Waals surface area (Å²) < 4.78 is 0. The van der Waals surface area contributed by atoms with E-state index in [1.54, 1.807) is 7.05 Å². The first-order chi connectivity index (χ1) is 12.1. The van der Waals surface area contributed by atoms with E-state index in [0.29, 0.717) is 11.1 Å². The summed E-state index contributed by atoms with van der Waals surface area (Å²) in [5, 5.41) is 1.52. The lowest BCUT2D eigenvalue weighted by molar-refractivity contribution is 0.445. The Morgan fingerprint density at radius 1 is 1.12 bits per heavy atom. The number of hydrogen-bond donors (Lipinski definition) is 0. The molecule has 25 heavy (non-hydrogen) atoms. The molecule has 1 aromatic rings. The Kier molecular flexibility index (Phi) is 8.26. The largest absolute Gasteiger partial charge is 0.276 e. The summed E-state index contributed by atoms with van der Waals surface area (Å²) in [4.78, 5) is 4.25. The van der Waals surface area contributed by atoms with Gasteiger partial charge in [0.1, 0.15) is 5.17 Å². The molecule has 0 saturated heterocycles. The average molecular weight is 378 g/mol. The summed E-state index contributed by atoms with van der Waals surface area (Å²) in [6, 6.07) is 10.8. The third-order valence-electron chi connectivity index (χ3n) is 5.13. The molecule has 1 aliphatic carbocycles. The molecule has 0 spiro atoms. The van der Waals surface area contributed by atoms with Gasteiger partial charge in [0.25, 0.3) is 0 Å². The van der Waals surface area contributed by atoms with Crippen molar-refractivity contribution < 1.29 is 0 Å². The van der Waals surface area contributed by atoms with Crippen LogP contribution in [0.3, 0.4) is 0 Å². The lowest BCUT2D eigenvalue weighted by atomic mass is 9.82. The van der Waals surface area contributed by atoms with Crippen molar-refractivity contribution in [2.45, 2.75) is 58.8 Å². The highest BCUT2D eigenvalue weighted by atomic mass is 35.5. The molecule has 1 unspecified atom stereocenters. The number of halogens is 2. The maximum atomic E-state index is 6.81. The van der Waals surface area contributed by atoms with Crippen LogP contribution in [0.2, 0.25) is 0 Å². The van der Waals surface area contributed by atoms with Gasteiger partial charge in [0.15, 0.2) is 0 Å². The Labute approximate surface area is 162 Å². The first kappa shape index (κ1) is 20.3. The molecule has 2 rings (SSSR count). The van der Waals surface area contributed by atoms with E-state index in [9.17, 15) is 0 Å². The summed E-state index contributed by atoms with van der Waals surface area (Å²) in [6.07, 6.45) is 7.61. The van der Waals surface area contributed by atoms with E-state index in [2.05, 4.69) is 49.2 Å². The second kappa shape index (κ2) is 10.2. The second-order valence-corrected chi connectivity index (χ2v) is 7.66. The van der Waals surface area contributed by atoms with Gasteiger partial charge in [0, 0.05) is 12.1 Å². The maximum absolute atomic E-state index is 6.81. The molecule has 1 aliphatic rings. The number of aliphatic imine (C=N–C) groups is 1. The number of nitrogens with zero attached hydrogens (tertiary/aromatic N) is 1. The van der Waals surface area contributed by atoms with Crippen LogP contribution in [-0.4, -0.2) is 12.2 Å². The van der Waals surface area contributed by atoms with Crippen LogP contribution in [0.1, 0.15) is 57.9 Å². The van der Waals surface area contributed by atoms with Crippen molar-refractivity contribution in [2.75, 3.05) is 7.05 Å². The van der Waals surface area contributed by atoms with Crippen LogP contribution in [0.15, 0.2) is 57.1 Å². The molecule has 0 radical (unpaired) electrons. The van der Waals surface area contributed by atoms with Gasteiger partial charge in [0.05, 0.1) is 0 Å². The first-order valence-electron chi connectivity index (χ1n) is 9.31. The Morgan fingerprint density at radius 3 is 2.48 bits per heavy atom. The van der Waals surface area contributed by atoms with E-state index >= 15 is 0 Å². The molecular weight excluding hydrogens is 349 g/mol. The van der Waals surface area contributed by atoms with Crippen molar-refractivity contribution in [1.82, 2.24) is 0 Å². The van der Waals surface area contributed by atoms with Crippen molar-refractivity contribution in [3.63, 3.8) is 0 Å². The molecule has 136 valence electrons. The van der Waals surface area contributed by atoms with Gasteiger partial charge in [-0.3, -0.25) is 4.99 Å². The highest BCUT2D eigenvalue weighted by Gasteiger charge is 2.22. The predicted molar refractivity (Wildman–Crippen MR) is 112 cm³/mol. The topological polar surface area (TPSA) is 12.4 Å². The molecule has 1 aromatic carbocycles. The van der Waals surface area contributed by atoms with Crippen molar-refractivity contribution in [3.8, 4) is 0 Å². The molecular formula is C22H29Cl2N. The lowest BCUT2D eigenvalue weighted by Crippen LogP contribution is -2.13. The van der Waals surface area contributed by atoms with Gasteiger partial charge >= 0.3 is 0 Å². The van der Waals surface area contributed by atoms with Crippen molar-refractivity contribution in [3.05, 3.63) is 57.6 Å². The number of rotatable bonds is 5. The van der Waals surface area contributed by atoms with E-state index in [4.69, 9.17) is 23.2 Å². The zero-order valence-corrected chi connectivity index (χ0v) is 17.1. The number of benzene rings is 1. The van der Waals surface area contributed by atoms with Crippen LogP contribution in [0.4, 0.5) is 0 Å². The monoisotopic (exact) mass is 377 g/mol. The Balaban J connectivity index is 2.39. The van der Waals surface area contributed by atoms with Crippen LogP contribution >= 0.6 is 23.2 Å². The van der Waals surface area contributed by atoms with Gasteiger partial charge in [0.2, 0.25) is 0 Å². The highest BCUT2D eigenvalue weighted by Crippen LogP contribution is 2.37. The van der Waals surface area contributed by atoms with Crippen molar-refractivity contribution >= 4 is 28.4 Å². The minimum Gasteiger partial charge on any atom is -0.276 e. The van der Waals surface area contributed by atoms with Crippen LogP contribution in [0, 0.1) is 5.92 Å².